The number of esters is 2. The third-order valence-electron chi connectivity index (χ3n) is 4.66. The van der Waals surface area contributed by atoms with Crippen LogP contribution >= 0.6 is 0 Å². The Bertz CT molecular complexity index is 537. The third kappa shape index (κ3) is 7.95. The topological polar surface area (TPSA) is 107 Å². The van der Waals surface area contributed by atoms with Crippen LogP contribution in [0.5, 0.6) is 0 Å². The molecule has 9 heteroatoms. The van der Waals surface area contributed by atoms with Crippen molar-refractivity contribution < 1.29 is 32.0 Å². The fraction of sp³-hybridized carbons (Fsp3) is 0.875. The molecule has 0 saturated heterocycles. The first kappa shape index (κ1) is 22.9. The van der Waals surface area contributed by atoms with Gasteiger partial charge >= 0.3 is 11.9 Å². The van der Waals surface area contributed by atoms with Crippen LogP contribution in [-0.2, 0) is 29.2 Å². The molecule has 2 rings (SSSR count). The van der Waals surface area contributed by atoms with Gasteiger partial charge in [-0.1, -0.05) is 12.8 Å². The van der Waals surface area contributed by atoms with Gasteiger partial charge in [0.15, 0.2) is 5.25 Å². The summed E-state index contributed by atoms with van der Waals surface area (Å²) < 4.78 is 42.7. The second kappa shape index (κ2) is 10.9. The van der Waals surface area contributed by atoms with E-state index in [1.165, 1.54) is 0 Å². The van der Waals surface area contributed by atoms with Crippen molar-refractivity contribution in [1.82, 2.24) is 0 Å². The molecule has 0 aromatic heterocycles. The monoisotopic (exact) mass is 385 g/mol. The molecule has 0 aromatic carbocycles. The van der Waals surface area contributed by atoms with Gasteiger partial charge in [-0.25, -0.2) is 0 Å². The Morgan fingerprint density at radius 1 is 0.880 bits per heavy atom. The van der Waals surface area contributed by atoms with Crippen molar-refractivity contribution in [3.63, 3.8) is 0 Å². The van der Waals surface area contributed by atoms with Crippen molar-refractivity contribution in [3.05, 3.63) is 0 Å². The molecule has 2 saturated carbocycles. The molecule has 25 heavy (non-hydrogen) atoms. The maximum atomic E-state index is 12.1. The van der Waals surface area contributed by atoms with Crippen LogP contribution in [0.4, 0.5) is 0 Å². The summed E-state index contributed by atoms with van der Waals surface area (Å²) in [5.41, 5.74) is 0. The number of ether oxygens (including phenoxy) is 2. The van der Waals surface area contributed by atoms with Crippen molar-refractivity contribution in [3.8, 4) is 0 Å². The van der Waals surface area contributed by atoms with Crippen molar-refractivity contribution in [1.29, 1.82) is 0 Å². The molecule has 0 aromatic rings. The summed E-state index contributed by atoms with van der Waals surface area (Å²) in [7, 11) is -4.73. The first-order valence-electron chi connectivity index (χ1n) is 8.72. The molecule has 139 valence electrons. The Labute approximate surface area is 171 Å². The molecule has 0 heterocycles. The maximum absolute atomic E-state index is 12.1. The molecule has 0 aliphatic heterocycles. The Balaban J connectivity index is 0.00000312. The minimum atomic E-state index is -4.73. The predicted octanol–water partition coefficient (Wildman–Crippen LogP) is 2.00. The van der Waals surface area contributed by atoms with Crippen LogP contribution in [-0.4, -0.2) is 71.9 Å². The van der Waals surface area contributed by atoms with E-state index in [0.717, 1.165) is 51.4 Å². The average Bonchev–Trinajstić information content (AvgIpc) is 2.53. The first-order valence-corrected chi connectivity index (χ1v) is 10.2. The summed E-state index contributed by atoms with van der Waals surface area (Å²) in [4.78, 5) is 24.1. The van der Waals surface area contributed by atoms with E-state index in [-0.39, 0.29) is 41.8 Å². The quantitative estimate of drug-likeness (QED) is 0.423. The van der Waals surface area contributed by atoms with Crippen molar-refractivity contribution in [2.75, 3.05) is 0 Å². The fourth-order valence-corrected chi connectivity index (χ4v) is 3.95. The molecule has 0 amide bonds. The van der Waals surface area contributed by atoms with Crippen LogP contribution in [0.15, 0.2) is 0 Å². The van der Waals surface area contributed by atoms with E-state index in [1.54, 1.807) is 0 Å². The number of hydrogen-bond acceptors (Lipinski definition) is 6. The summed E-state index contributed by atoms with van der Waals surface area (Å²) in [6.45, 7) is 0. The van der Waals surface area contributed by atoms with Crippen LogP contribution in [0.25, 0.3) is 0 Å². The van der Waals surface area contributed by atoms with Gasteiger partial charge in [-0.15, -0.1) is 0 Å². The largest absolute Gasteiger partial charge is 0.462 e. The van der Waals surface area contributed by atoms with Gasteiger partial charge in [-0.05, 0) is 51.4 Å². The summed E-state index contributed by atoms with van der Waals surface area (Å²) >= 11 is 0. The van der Waals surface area contributed by atoms with Crippen molar-refractivity contribution in [2.45, 2.75) is 88.1 Å². The molecular formula is C16H26NaO7S. The summed E-state index contributed by atoms with van der Waals surface area (Å²) in [6.07, 6.45) is 7.46. The van der Waals surface area contributed by atoms with Gasteiger partial charge < -0.3 is 9.47 Å². The number of carbonyl (C=O) groups excluding carboxylic acids is 2. The van der Waals surface area contributed by atoms with E-state index in [2.05, 4.69) is 0 Å². The van der Waals surface area contributed by atoms with Crippen molar-refractivity contribution >= 4 is 51.6 Å². The van der Waals surface area contributed by atoms with E-state index in [9.17, 15) is 22.6 Å². The predicted molar refractivity (Wildman–Crippen MR) is 91.6 cm³/mol. The fourth-order valence-electron chi connectivity index (χ4n) is 3.30. The molecule has 2 aliphatic carbocycles. The minimum absolute atomic E-state index is 0. The van der Waals surface area contributed by atoms with Gasteiger partial charge in [0.1, 0.15) is 12.2 Å². The summed E-state index contributed by atoms with van der Waals surface area (Å²) in [5, 5.41) is -1.91. The molecule has 0 bridgehead atoms. The van der Waals surface area contributed by atoms with Gasteiger partial charge in [-0.3, -0.25) is 14.1 Å². The smallest absolute Gasteiger partial charge is 0.327 e. The molecule has 1 unspecified atom stereocenters. The Morgan fingerprint density at radius 3 is 1.76 bits per heavy atom. The standard InChI is InChI=1S/C16H26O7S.Na/c17-15(22-12-7-3-1-4-8-12)11-14(24(19,20)21)16(18)23-13-9-5-2-6-10-13;/h12-14H,1-11H2,(H,19,20,21);. The van der Waals surface area contributed by atoms with E-state index in [0.29, 0.717) is 12.8 Å². The van der Waals surface area contributed by atoms with Gasteiger partial charge in [0, 0.05) is 29.6 Å². The van der Waals surface area contributed by atoms with E-state index in [1.807, 2.05) is 0 Å². The minimum Gasteiger partial charge on any atom is -0.462 e. The Morgan fingerprint density at radius 2 is 1.32 bits per heavy atom. The van der Waals surface area contributed by atoms with Crippen molar-refractivity contribution in [2.24, 2.45) is 0 Å². The summed E-state index contributed by atoms with van der Waals surface area (Å²) in [5.74, 6) is -1.85. The van der Waals surface area contributed by atoms with Gasteiger partial charge in [0.2, 0.25) is 0 Å². The Hall–Kier alpha value is -0.150. The van der Waals surface area contributed by atoms with Crippen LogP contribution in [0, 0.1) is 0 Å². The molecule has 1 radical (unpaired) electrons. The molecule has 1 atom stereocenters. The van der Waals surface area contributed by atoms with Gasteiger partial charge in [0.05, 0.1) is 6.42 Å². The summed E-state index contributed by atoms with van der Waals surface area (Å²) in [6, 6.07) is 0. The second-order valence-corrected chi connectivity index (χ2v) is 8.25. The molecule has 7 nitrogen and oxygen atoms in total. The molecule has 1 N–H and O–H groups in total. The van der Waals surface area contributed by atoms with E-state index in [4.69, 9.17) is 9.47 Å². The average molecular weight is 385 g/mol. The molecule has 2 fully saturated rings. The molecule has 2 aliphatic rings. The number of hydrogen-bond donors (Lipinski definition) is 1. The van der Waals surface area contributed by atoms with E-state index >= 15 is 0 Å². The second-order valence-electron chi connectivity index (χ2n) is 6.65. The first-order chi connectivity index (χ1) is 11.4. The normalized spacial score (nSPS) is 21.0. The molecular weight excluding hydrogens is 359 g/mol. The zero-order chi connectivity index (χ0) is 17.6. The van der Waals surface area contributed by atoms with E-state index < -0.39 is 33.7 Å². The SMILES string of the molecule is O=C(CC(C(=O)OC1CCCCC1)S(=O)(=O)O)OC1CCCCC1.[Na]. The zero-order valence-electron chi connectivity index (χ0n) is 14.8. The van der Waals surface area contributed by atoms with Crippen LogP contribution in [0.3, 0.4) is 0 Å². The maximum Gasteiger partial charge on any atom is 0.327 e. The molecule has 0 spiro atoms. The zero-order valence-corrected chi connectivity index (χ0v) is 17.6. The van der Waals surface area contributed by atoms with Crippen LogP contribution in [0.1, 0.15) is 70.6 Å². The third-order valence-corrected chi connectivity index (χ3v) is 5.74. The Kier molecular flexibility index (Phi) is 9.95. The van der Waals surface area contributed by atoms with Gasteiger partial charge in [-0.2, -0.15) is 8.42 Å². The number of rotatable bonds is 6. The van der Waals surface area contributed by atoms with Crippen LogP contribution < -0.4 is 0 Å². The number of carbonyl (C=O) groups is 2. The van der Waals surface area contributed by atoms with Crippen LogP contribution in [0.2, 0.25) is 0 Å². The van der Waals surface area contributed by atoms with Gasteiger partial charge in [0.25, 0.3) is 10.1 Å².